The van der Waals surface area contributed by atoms with Crippen LogP contribution in [0, 0.1) is 18.6 Å². The second-order valence-corrected chi connectivity index (χ2v) is 6.30. The molecule has 1 saturated heterocycles. The average Bonchev–Trinajstić information content (AvgIpc) is 3.06. The SMILES string of the molecule is Cc1nc(CNC2CCN(c3c(F)cccc3F)C2)cs1. The average molecular weight is 309 g/mol. The van der Waals surface area contributed by atoms with Gasteiger partial charge in [-0.05, 0) is 25.5 Å². The molecule has 1 aliphatic rings. The fraction of sp³-hybridized carbons (Fsp3) is 0.400. The first-order valence-corrected chi connectivity index (χ1v) is 7.85. The second kappa shape index (κ2) is 6.07. The summed E-state index contributed by atoms with van der Waals surface area (Å²) in [5, 5.41) is 6.49. The van der Waals surface area contributed by atoms with Gasteiger partial charge in [0.2, 0.25) is 0 Å². The second-order valence-electron chi connectivity index (χ2n) is 5.24. The number of hydrogen-bond donors (Lipinski definition) is 1. The third-order valence-corrected chi connectivity index (χ3v) is 4.50. The zero-order valence-corrected chi connectivity index (χ0v) is 12.6. The van der Waals surface area contributed by atoms with Crippen molar-refractivity contribution in [3.63, 3.8) is 0 Å². The van der Waals surface area contributed by atoms with Gasteiger partial charge < -0.3 is 10.2 Å². The maximum atomic E-state index is 13.8. The smallest absolute Gasteiger partial charge is 0.149 e. The molecule has 0 amide bonds. The van der Waals surface area contributed by atoms with E-state index >= 15 is 0 Å². The van der Waals surface area contributed by atoms with Crippen LogP contribution in [0.4, 0.5) is 14.5 Å². The minimum atomic E-state index is -0.495. The number of rotatable bonds is 4. The fourth-order valence-electron chi connectivity index (χ4n) is 2.66. The standard InChI is InChI=1S/C15H17F2N3S/c1-10-19-12(9-21-10)7-18-11-5-6-20(8-11)15-13(16)3-2-4-14(15)17/h2-4,9,11,18H,5-8H2,1H3. The maximum absolute atomic E-state index is 13.8. The summed E-state index contributed by atoms with van der Waals surface area (Å²) < 4.78 is 27.5. The normalized spacial score (nSPS) is 18.4. The van der Waals surface area contributed by atoms with E-state index in [9.17, 15) is 8.78 Å². The Hall–Kier alpha value is -1.53. The number of halogens is 2. The molecular weight excluding hydrogens is 292 g/mol. The summed E-state index contributed by atoms with van der Waals surface area (Å²) in [4.78, 5) is 6.17. The van der Waals surface area contributed by atoms with Crippen molar-refractivity contribution >= 4 is 17.0 Å². The van der Waals surface area contributed by atoms with Crippen LogP contribution in [0.3, 0.4) is 0 Å². The molecule has 0 spiro atoms. The van der Waals surface area contributed by atoms with Gasteiger partial charge in [0.25, 0.3) is 0 Å². The van der Waals surface area contributed by atoms with Crippen LogP contribution >= 0.6 is 11.3 Å². The fourth-order valence-corrected chi connectivity index (χ4v) is 3.27. The molecule has 1 unspecified atom stereocenters. The summed E-state index contributed by atoms with van der Waals surface area (Å²) in [6.45, 7) is 3.95. The molecule has 3 nitrogen and oxygen atoms in total. The largest absolute Gasteiger partial charge is 0.365 e. The summed E-state index contributed by atoms with van der Waals surface area (Å²) >= 11 is 1.63. The lowest BCUT2D eigenvalue weighted by Gasteiger charge is -2.20. The quantitative estimate of drug-likeness (QED) is 0.940. The maximum Gasteiger partial charge on any atom is 0.149 e. The molecule has 1 N–H and O–H groups in total. The van der Waals surface area contributed by atoms with Crippen molar-refractivity contribution < 1.29 is 8.78 Å². The van der Waals surface area contributed by atoms with Gasteiger partial charge in [-0.3, -0.25) is 0 Å². The summed E-state index contributed by atoms with van der Waals surface area (Å²) in [6, 6.07) is 4.23. The lowest BCUT2D eigenvalue weighted by molar-refractivity contribution is 0.542. The van der Waals surface area contributed by atoms with Gasteiger partial charge in [-0.2, -0.15) is 0 Å². The van der Waals surface area contributed by atoms with Crippen LogP contribution in [-0.2, 0) is 6.54 Å². The molecule has 0 saturated carbocycles. The van der Waals surface area contributed by atoms with Gasteiger partial charge >= 0.3 is 0 Å². The van der Waals surface area contributed by atoms with Crippen molar-refractivity contribution in [3.8, 4) is 0 Å². The molecule has 1 aromatic heterocycles. The Balaban J connectivity index is 1.60. The van der Waals surface area contributed by atoms with E-state index in [1.54, 1.807) is 16.2 Å². The molecule has 2 heterocycles. The lowest BCUT2D eigenvalue weighted by atomic mass is 10.2. The summed E-state index contributed by atoms with van der Waals surface area (Å²) in [6.07, 6.45) is 0.872. The number of thiazole rings is 1. The Labute approximate surface area is 126 Å². The summed E-state index contributed by atoms with van der Waals surface area (Å²) in [7, 11) is 0. The number of hydrogen-bond acceptors (Lipinski definition) is 4. The Morgan fingerprint density at radius 1 is 1.38 bits per heavy atom. The van der Waals surface area contributed by atoms with Crippen LogP contribution < -0.4 is 10.2 Å². The van der Waals surface area contributed by atoms with Gasteiger partial charge in [0, 0.05) is 31.1 Å². The molecule has 3 rings (SSSR count). The predicted molar refractivity (Wildman–Crippen MR) is 80.7 cm³/mol. The topological polar surface area (TPSA) is 28.2 Å². The molecular formula is C15H17F2N3S. The summed E-state index contributed by atoms with van der Waals surface area (Å²) in [5.41, 5.74) is 1.11. The van der Waals surface area contributed by atoms with E-state index in [2.05, 4.69) is 10.3 Å². The molecule has 0 aliphatic carbocycles. The van der Waals surface area contributed by atoms with Crippen molar-refractivity contribution in [2.45, 2.75) is 25.9 Å². The van der Waals surface area contributed by atoms with Crippen LogP contribution in [-0.4, -0.2) is 24.1 Å². The Morgan fingerprint density at radius 2 is 2.14 bits per heavy atom. The number of nitrogens with one attached hydrogen (secondary N) is 1. The number of anilines is 1. The Bertz CT molecular complexity index is 609. The van der Waals surface area contributed by atoms with E-state index in [-0.39, 0.29) is 11.7 Å². The molecule has 1 fully saturated rings. The van der Waals surface area contributed by atoms with Crippen LogP contribution in [0.15, 0.2) is 23.6 Å². The molecule has 1 atom stereocenters. The Morgan fingerprint density at radius 3 is 2.81 bits per heavy atom. The van der Waals surface area contributed by atoms with Crippen LogP contribution in [0.25, 0.3) is 0 Å². The van der Waals surface area contributed by atoms with Crippen LogP contribution in [0.1, 0.15) is 17.1 Å². The highest BCUT2D eigenvalue weighted by Crippen LogP contribution is 2.26. The summed E-state index contributed by atoms with van der Waals surface area (Å²) in [5.74, 6) is -0.989. The number of benzene rings is 1. The zero-order chi connectivity index (χ0) is 14.8. The Kier molecular flexibility index (Phi) is 4.17. The minimum Gasteiger partial charge on any atom is -0.365 e. The lowest BCUT2D eigenvalue weighted by Crippen LogP contribution is -2.32. The first-order chi connectivity index (χ1) is 10.1. The molecule has 0 radical (unpaired) electrons. The van der Waals surface area contributed by atoms with E-state index < -0.39 is 11.6 Å². The van der Waals surface area contributed by atoms with Crippen molar-refractivity contribution in [2.24, 2.45) is 0 Å². The van der Waals surface area contributed by atoms with E-state index in [0.717, 1.165) is 17.1 Å². The first kappa shape index (κ1) is 14.4. The molecule has 6 heteroatoms. The van der Waals surface area contributed by atoms with E-state index in [0.29, 0.717) is 19.6 Å². The number of aromatic nitrogens is 1. The van der Waals surface area contributed by atoms with Crippen molar-refractivity contribution in [1.82, 2.24) is 10.3 Å². The third kappa shape index (κ3) is 3.22. The first-order valence-electron chi connectivity index (χ1n) is 6.97. The van der Waals surface area contributed by atoms with Gasteiger partial charge in [0.05, 0.1) is 10.7 Å². The van der Waals surface area contributed by atoms with E-state index in [1.807, 2.05) is 12.3 Å². The van der Waals surface area contributed by atoms with Gasteiger partial charge in [0.1, 0.15) is 17.3 Å². The van der Waals surface area contributed by atoms with E-state index in [4.69, 9.17) is 0 Å². The molecule has 21 heavy (non-hydrogen) atoms. The van der Waals surface area contributed by atoms with Crippen molar-refractivity contribution in [2.75, 3.05) is 18.0 Å². The van der Waals surface area contributed by atoms with Crippen molar-refractivity contribution in [3.05, 3.63) is 45.9 Å². The number of nitrogens with zero attached hydrogens (tertiary/aromatic N) is 2. The van der Waals surface area contributed by atoms with Crippen LogP contribution in [0.5, 0.6) is 0 Å². The molecule has 1 aromatic carbocycles. The van der Waals surface area contributed by atoms with E-state index in [1.165, 1.54) is 18.2 Å². The highest BCUT2D eigenvalue weighted by molar-refractivity contribution is 7.09. The van der Waals surface area contributed by atoms with Gasteiger partial charge in [0.15, 0.2) is 0 Å². The molecule has 1 aliphatic heterocycles. The number of para-hydroxylation sites is 1. The van der Waals surface area contributed by atoms with Crippen LogP contribution in [0.2, 0.25) is 0 Å². The molecule has 2 aromatic rings. The predicted octanol–water partition coefficient (Wildman–Crippen LogP) is 3.10. The van der Waals surface area contributed by atoms with Gasteiger partial charge in [-0.25, -0.2) is 13.8 Å². The third-order valence-electron chi connectivity index (χ3n) is 3.68. The van der Waals surface area contributed by atoms with Crippen molar-refractivity contribution in [1.29, 1.82) is 0 Å². The monoisotopic (exact) mass is 309 g/mol. The zero-order valence-electron chi connectivity index (χ0n) is 11.8. The highest BCUT2D eigenvalue weighted by atomic mass is 32.1. The number of aryl methyl sites for hydroxylation is 1. The minimum absolute atomic E-state index is 0.0892. The highest BCUT2D eigenvalue weighted by Gasteiger charge is 2.26. The molecule has 0 bridgehead atoms. The van der Waals surface area contributed by atoms with Gasteiger partial charge in [-0.15, -0.1) is 11.3 Å². The molecule has 112 valence electrons. The van der Waals surface area contributed by atoms with Gasteiger partial charge in [-0.1, -0.05) is 6.07 Å².